The summed E-state index contributed by atoms with van der Waals surface area (Å²) in [6.07, 6.45) is 6.25. The van der Waals surface area contributed by atoms with Crippen molar-refractivity contribution in [2.24, 2.45) is 17.3 Å². The molecule has 2 unspecified atom stereocenters. The number of nitrogens with one attached hydrogen (secondary N) is 1. The van der Waals surface area contributed by atoms with Crippen molar-refractivity contribution in [2.75, 3.05) is 18.5 Å². The molecule has 1 aromatic rings. The van der Waals surface area contributed by atoms with Gasteiger partial charge in [-0.2, -0.15) is 0 Å². The highest BCUT2D eigenvalue weighted by Gasteiger charge is 2.60. The minimum Gasteiger partial charge on any atom is -0.486 e. The Labute approximate surface area is 146 Å². The van der Waals surface area contributed by atoms with Crippen LogP contribution < -0.4 is 14.8 Å². The van der Waals surface area contributed by atoms with Crippen LogP contribution in [-0.4, -0.2) is 24.0 Å². The molecule has 1 heterocycles. The first kappa shape index (κ1) is 14.9. The third-order valence-corrected chi connectivity index (χ3v) is 6.71. The van der Waals surface area contributed by atoms with Crippen LogP contribution in [0.25, 0.3) is 0 Å². The fourth-order valence-electron chi connectivity index (χ4n) is 5.80. The largest absolute Gasteiger partial charge is 0.486 e. The number of halogens is 1. The van der Waals surface area contributed by atoms with Gasteiger partial charge in [0.1, 0.15) is 13.2 Å². The van der Waals surface area contributed by atoms with Gasteiger partial charge >= 0.3 is 0 Å². The maximum Gasteiger partial charge on any atom is 0.230 e. The number of fused-ring (bicyclic) bond motifs is 1. The van der Waals surface area contributed by atoms with Gasteiger partial charge in [-0.25, -0.2) is 0 Å². The second-order valence-corrected chi connectivity index (χ2v) is 9.01. The van der Waals surface area contributed by atoms with Gasteiger partial charge in [0.25, 0.3) is 0 Å². The Kier molecular flexibility index (Phi) is 3.13. The van der Waals surface area contributed by atoms with Crippen LogP contribution in [0, 0.1) is 17.3 Å². The van der Waals surface area contributed by atoms with Crippen molar-refractivity contribution >= 4 is 23.2 Å². The molecule has 5 heteroatoms. The summed E-state index contributed by atoms with van der Waals surface area (Å²) in [5.74, 6) is 2.83. The number of amides is 1. The van der Waals surface area contributed by atoms with E-state index in [9.17, 15) is 4.79 Å². The van der Waals surface area contributed by atoms with Gasteiger partial charge in [-0.3, -0.25) is 4.79 Å². The molecule has 24 heavy (non-hydrogen) atoms. The second kappa shape index (κ2) is 5.04. The molecule has 4 fully saturated rings. The summed E-state index contributed by atoms with van der Waals surface area (Å²) in [4.78, 5) is 13.0. The van der Waals surface area contributed by atoms with Crippen LogP contribution in [0.4, 0.5) is 5.69 Å². The molecule has 4 bridgehead atoms. The van der Waals surface area contributed by atoms with Crippen LogP contribution in [0.3, 0.4) is 0 Å². The first-order valence-electron chi connectivity index (χ1n) is 8.94. The Morgan fingerprint density at radius 2 is 1.79 bits per heavy atom. The lowest BCUT2D eigenvalue weighted by molar-refractivity contribution is -0.138. The summed E-state index contributed by atoms with van der Waals surface area (Å²) in [6.45, 7) is 1.12. The molecule has 4 saturated carbocycles. The van der Waals surface area contributed by atoms with Crippen molar-refractivity contribution < 1.29 is 14.3 Å². The molecule has 4 nitrogen and oxygen atoms in total. The van der Waals surface area contributed by atoms with Gasteiger partial charge in [0.2, 0.25) is 5.91 Å². The number of carbonyl (C=O) groups is 1. The van der Waals surface area contributed by atoms with Crippen molar-refractivity contribution in [3.8, 4) is 11.5 Å². The summed E-state index contributed by atoms with van der Waals surface area (Å²) >= 11 is 6.85. The fraction of sp³-hybridized carbons (Fsp3) is 0.632. The minimum atomic E-state index is -0.279. The van der Waals surface area contributed by atoms with Crippen molar-refractivity contribution in [1.29, 1.82) is 0 Å². The molecule has 6 rings (SSSR count). The van der Waals surface area contributed by atoms with E-state index in [1.807, 2.05) is 18.2 Å². The molecule has 0 aromatic heterocycles. The number of rotatable bonds is 2. The van der Waals surface area contributed by atoms with Gasteiger partial charge in [-0.1, -0.05) is 0 Å². The topological polar surface area (TPSA) is 47.6 Å². The maximum atomic E-state index is 13.1. The molecular formula is C19H22ClNO3. The minimum absolute atomic E-state index is 0.137. The molecule has 0 spiro atoms. The van der Waals surface area contributed by atoms with Crippen LogP contribution in [0.1, 0.15) is 38.5 Å². The fourth-order valence-corrected chi connectivity index (χ4v) is 6.49. The van der Waals surface area contributed by atoms with E-state index in [-0.39, 0.29) is 16.2 Å². The molecule has 1 aromatic carbocycles. The first-order chi connectivity index (χ1) is 11.5. The van der Waals surface area contributed by atoms with Crippen molar-refractivity contribution in [2.45, 2.75) is 43.4 Å². The van der Waals surface area contributed by atoms with E-state index in [2.05, 4.69) is 5.32 Å². The van der Waals surface area contributed by atoms with Crippen LogP contribution in [0.2, 0.25) is 0 Å². The Bertz CT molecular complexity index is 690. The predicted molar refractivity (Wildman–Crippen MR) is 91.8 cm³/mol. The second-order valence-electron chi connectivity index (χ2n) is 8.20. The number of hydrogen-bond acceptors (Lipinski definition) is 3. The van der Waals surface area contributed by atoms with Gasteiger partial charge in [0, 0.05) is 16.6 Å². The third kappa shape index (κ3) is 2.30. The zero-order chi connectivity index (χ0) is 16.4. The summed E-state index contributed by atoms with van der Waals surface area (Å²) in [7, 11) is 0. The molecule has 0 saturated heterocycles. The molecule has 128 valence electrons. The van der Waals surface area contributed by atoms with Crippen molar-refractivity contribution in [3.05, 3.63) is 18.2 Å². The van der Waals surface area contributed by atoms with Gasteiger partial charge in [-0.05, 0) is 62.5 Å². The number of hydrogen-bond donors (Lipinski definition) is 1. The average Bonchev–Trinajstić information content (AvgIpc) is 2.52. The maximum absolute atomic E-state index is 13.1. The number of ether oxygens (including phenoxy) is 2. The average molecular weight is 348 g/mol. The summed E-state index contributed by atoms with van der Waals surface area (Å²) in [6, 6.07) is 5.62. The molecule has 4 atom stereocenters. The zero-order valence-electron chi connectivity index (χ0n) is 13.6. The number of anilines is 1. The van der Waals surface area contributed by atoms with E-state index in [4.69, 9.17) is 21.1 Å². The monoisotopic (exact) mass is 347 g/mol. The number of carbonyl (C=O) groups excluding carboxylic acids is 1. The third-order valence-electron chi connectivity index (χ3n) is 6.27. The molecule has 0 radical (unpaired) electrons. The summed E-state index contributed by atoms with van der Waals surface area (Å²) < 4.78 is 11.2. The molecule has 1 N–H and O–H groups in total. The summed E-state index contributed by atoms with van der Waals surface area (Å²) in [5.41, 5.74) is 0.502. The Morgan fingerprint density at radius 1 is 1.08 bits per heavy atom. The molecular weight excluding hydrogens is 326 g/mol. The van der Waals surface area contributed by atoms with Crippen LogP contribution in [0.5, 0.6) is 11.5 Å². The quantitative estimate of drug-likeness (QED) is 0.823. The Morgan fingerprint density at radius 3 is 2.50 bits per heavy atom. The van der Waals surface area contributed by atoms with Crippen LogP contribution in [-0.2, 0) is 4.79 Å². The highest BCUT2D eigenvalue weighted by Crippen LogP contribution is 2.64. The highest BCUT2D eigenvalue weighted by atomic mass is 35.5. The Balaban J connectivity index is 1.39. The van der Waals surface area contributed by atoms with Gasteiger partial charge < -0.3 is 14.8 Å². The van der Waals surface area contributed by atoms with Crippen LogP contribution >= 0.6 is 11.6 Å². The first-order valence-corrected chi connectivity index (χ1v) is 9.32. The van der Waals surface area contributed by atoms with Gasteiger partial charge in [0.15, 0.2) is 11.5 Å². The van der Waals surface area contributed by atoms with E-state index < -0.39 is 0 Å². The van der Waals surface area contributed by atoms with E-state index in [0.717, 1.165) is 43.5 Å². The van der Waals surface area contributed by atoms with E-state index in [0.29, 0.717) is 30.8 Å². The van der Waals surface area contributed by atoms with E-state index >= 15 is 0 Å². The lowest BCUT2D eigenvalue weighted by atomic mass is 9.49. The molecule has 1 aliphatic heterocycles. The SMILES string of the molecule is O=C(Nc1ccc2c(c1)OCCO2)C12C[C@@H]3C[C@@H](CC(Cl)(C3)C1)C2. The molecule has 4 aliphatic carbocycles. The van der Waals surface area contributed by atoms with Crippen LogP contribution in [0.15, 0.2) is 18.2 Å². The summed E-state index contributed by atoms with van der Waals surface area (Å²) in [5, 5.41) is 3.13. The van der Waals surface area contributed by atoms with Crippen molar-refractivity contribution in [1.82, 2.24) is 0 Å². The molecule has 5 aliphatic rings. The lowest BCUT2D eigenvalue weighted by Gasteiger charge is -2.59. The predicted octanol–water partition coefficient (Wildman–Crippen LogP) is 3.97. The van der Waals surface area contributed by atoms with Gasteiger partial charge in [-0.15, -0.1) is 11.6 Å². The number of benzene rings is 1. The van der Waals surface area contributed by atoms with Crippen molar-refractivity contribution in [3.63, 3.8) is 0 Å². The highest BCUT2D eigenvalue weighted by molar-refractivity contribution is 6.24. The zero-order valence-corrected chi connectivity index (χ0v) is 14.4. The molecule has 1 amide bonds. The smallest absolute Gasteiger partial charge is 0.230 e. The number of alkyl halides is 1. The van der Waals surface area contributed by atoms with Gasteiger partial charge in [0.05, 0.1) is 5.41 Å². The standard InChI is InChI=1S/C19H22ClNO3/c20-19-9-12-5-13(10-19)8-18(7-12,11-19)17(22)21-14-1-2-15-16(6-14)24-4-3-23-15/h1-2,6,12-13H,3-5,7-11H2,(H,21,22)/t12-,13+,18?,19?. The van der Waals surface area contributed by atoms with E-state index in [1.165, 1.54) is 6.42 Å². The lowest BCUT2D eigenvalue weighted by Crippen LogP contribution is -2.57. The normalized spacial score (nSPS) is 38.9. The Hall–Kier alpha value is -1.42. The van der Waals surface area contributed by atoms with E-state index in [1.54, 1.807) is 0 Å².